The molecule has 2 heterocycles. The number of nitrogens with one attached hydrogen (secondary N) is 1. The van der Waals surface area contributed by atoms with Crippen molar-refractivity contribution in [2.45, 2.75) is 58.9 Å². The molecule has 3 rings (SSSR count). The number of aromatic amines is 1. The van der Waals surface area contributed by atoms with Crippen LogP contribution in [0.4, 0.5) is 0 Å². The number of aromatic nitrogens is 1. The molecule has 0 atom stereocenters. The topological polar surface area (TPSA) is 73.5 Å². The third kappa shape index (κ3) is 3.29. The number of hydrogen-bond acceptors (Lipinski definition) is 3. The van der Waals surface area contributed by atoms with Gasteiger partial charge in [-0.3, -0.25) is 14.4 Å². The van der Waals surface area contributed by atoms with E-state index >= 15 is 0 Å². The first kappa shape index (κ1) is 18.7. The van der Waals surface area contributed by atoms with Crippen LogP contribution in [0.25, 0.3) is 0 Å². The maximum Gasteiger partial charge on any atom is 0.270 e. The molecule has 26 heavy (non-hydrogen) atoms. The molecule has 0 bridgehead atoms. The molecule has 0 spiro atoms. The van der Waals surface area contributed by atoms with Gasteiger partial charge in [0.15, 0.2) is 5.78 Å². The van der Waals surface area contributed by atoms with Crippen molar-refractivity contribution in [1.29, 1.82) is 0 Å². The molecule has 2 aliphatic rings. The molecule has 1 aliphatic heterocycles. The van der Waals surface area contributed by atoms with E-state index in [1.807, 2.05) is 32.7 Å². The Kier molecular flexibility index (Phi) is 5.21. The summed E-state index contributed by atoms with van der Waals surface area (Å²) >= 11 is 0. The third-order valence-electron chi connectivity index (χ3n) is 5.90. The number of aryl methyl sites for hydroxylation is 1. The van der Waals surface area contributed by atoms with Gasteiger partial charge in [-0.2, -0.15) is 0 Å². The summed E-state index contributed by atoms with van der Waals surface area (Å²) in [7, 11) is 1.84. The fourth-order valence-electron chi connectivity index (χ4n) is 4.02. The van der Waals surface area contributed by atoms with Gasteiger partial charge in [0.05, 0.1) is 0 Å². The third-order valence-corrected chi connectivity index (χ3v) is 5.90. The van der Waals surface area contributed by atoms with Gasteiger partial charge >= 0.3 is 0 Å². The molecule has 0 aromatic carbocycles. The second-order valence-electron chi connectivity index (χ2n) is 7.86. The monoisotopic (exact) mass is 359 g/mol. The molecule has 142 valence electrons. The Balaban J connectivity index is 1.68. The van der Waals surface area contributed by atoms with Crippen molar-refractivity contribution in [3.63, 3.8) is 0 Å². The van der Waals surface area contributed by atoms with Gasteiger partial charge in [-0.25, -0.2) is 0 Å². The Labute approximate surface area is 154 Å². The summed E-state index contributed by atoms with van der Waals surface area (Å²) in [6.45, 7) is 7.04. The van der Waals surface area contributed by atoms with Gasteiger partial charge in [-0.1, -0.05) is 0 Å². The number of carbonyl (C=O) groups excluding carboxylic acids is 3. The van der Waals surface area contributed by atoms with Crippen molar-refractivity contribution in [2.75, 3.05) is 20.1 Å². The highest BCUT2D eigenvalue weighted by atomic mass is 16.2. The Morgan fingerprint density at radius 2 is 1.85 bits per heavy atom. The van der Waals surface area contributed by atoms with E-state index in [9.17, 15) is 14.4 Å². The zero-order chi connectivity index (χ0) is 19.0. The fourth-order valence-corrected chi connectivity index (χ4v) is 4.02. The second-order valence-corrected chi connectivity index (χ2v) is 7.86. The van der Waals surface area contributed by atoms with Crippen molar-refractivity contribution in [1.82, 2.24) is 14.8 Å². The zero-order valence-corrected chi connectivity index (χ0v) is 16.2. The van der Waals surface area contributed by atoms with Crippen LogP contribution in [-0.4, -0.2) is 58.6 Å². The lowest BCUT2D eigenvalue weighted by atomic mass is 9.93. The highest BCUT2D eigenvalue weighted by Gasteiger charge is 2.33. The maximum absolute atomic E-state index is 13.0. The van der Waals surface area contributed by atoms with Crippen LogP contribution < -0.4 is 0 Å². The van der Waals surface area contributed by atoms with E-state index in [0.29, 0.717) is 38.0 Å². The fraction of sp³-hybridized carbons (Fsp3) is 0.650. The number of amides is 2. The minimum absolute atomic E-state index is 0.00836. The number of nitrogens with zero attached hydrogens (tertiary/aromatic N) is 2. The summed E-state index contributed by atoms with van der Waals surface area (Å²) in [6.07, 6.45) is 3.62. The number of rotatable bonds is 3. The first-order chi connectivity index (χ1) is 12.3. The molecule has 2 amide bonds. The van der Waals surface area contributed by atoms with E-state index in [2.05, 4.69) is 4.98 Å². The van der Waals surface area contributed by atoms with Crippen molar-refractivity contribution in [3.8, 4) is 0 Å². The number of carbonyl (C=O) groups is 3. The molecular formula is C20H29N3O3. The van der Waals surface area contributed by atoms with Crippen molar-refractivity contribution >= 4 is 17.6 Å². The number of fused-ring (bicyclic) bond motifs is 1. The highest BCUT2D eigenvalue weighted by molar-refractivity contribution is 6.04. The number of likely N-dealkylation sites (tertiary alicyclic amines) is 1. The smallest absolute Gasteiger partial charge is 0.270 e. The van der Waals surface area contributed by atoms with Crippen molar-refractivity contribution < 1.29 is 14.4 Å². The molecule has 1 N–H and O–H groups in total. The van der Waals surface area contributed by atoms with Gasteiger partial charge in [-0.15, -0.1) is 0 Å². The average molecular weight is 359 g/mol. The van der Waals surface area contributed by atoms with Gasteiger partial charge in [0.1, 0.15) is 5.69 Å². The van der Waals surface area contributed by atoms with Crippen molar-refractivity contribution in [2.24, 2.45) is 5.92 Å². The second kappa shape index (κ2) is 7.25. The molecule has 6 nitrogen and oxygen atoms in total. The lowest BCUT2D eigenvalue weighted by Crippen LogP contribution is -2.45. The molecule has 1 aromatic heterocycles. The standard InChI is InChI=1S/C20H29N3O3/c1-12(2)22(4)19(25)14-8-10-23(11-9-14)20(26)18-13(3)17-15(21-18)6-5-7-16(17)24/h12,14,21H,5-11H2,1-4H3. The van der Waals surface area contributed by atoms with Gasteiger partial charge in [0.25, 0.3) is 5.91 Å². The molecule has 0 unspecified atom stereocenters. The van der Waals surface area contributed by atoms with E-state index in [4.69, 9.17) is 0 Å². The number of piperidine rings is 1. The molecular weight excluding hydrogens is 330 g/mol. The van der Waals surface area contributed by atoms with Gasteiger partial charge < -0.3 is 14.8 Å². The molecule has 1 fully saturated rings. The average Bonchev–Trinajstić information content (AvgIpc) is 2.98. The van der Waals surface area contributed by atoms with Gasteiger partial charge in [0, 0.05) is 49.8 Å². The largest absolute Gasteiger partial charge is 0.354 e. The minimum atomic E-state index is -0.0483. The molecule has 0 saturated carbocycles. The summed E-state index contributed by atoms with van der Waals surface area (Å²) in [4.78, 5) is 44.4. The van der Waals surface area contributed by atoms with E-state index in [0.717, 1.165) is 29.7 Å². The van der Waals surface area contributed by atoms with Crippen LogP contribution >= 0.6 is 0 Å². The molecule has 0 radical (unpaired) electrons. The first-order valence-corrected chi connectivity index (χ1v) is 9.61. The highest BCUT2D eigenvalue weighted by Crippen LogP contribution is 2.28. The lowest BCUT2D eigenvalue weighted by molar-refractivity contribution is -0.137. The van der Waals surface area contributed by atoms with E-state index < -0.39 is 0 Å². The summed E-state index contributed by atoms with van der Waals surface area (Å²) in [5, 5.41) is 0. The molecule has 1 aromatic rings. The Morgan fingerprint density at radius 1 is 1.19 bits per heavy atom. The predicted octanol–water partition coefficient (Wildman–Crippen LogP) is 2.56. The lowest BCUT2D eigenvalue weighted by Gasteiger charge is -2.34. The van der Waals surface area contributed by atoms with Gasteiger partial charge in [-0.05, 0) is 52.0 Å². The number of hydrogen-bond donors (Lipinski definition) is 1. The van der Waals surface area contributed by atoms with Crippen LogP contribution in [-0.2, 0) is 11.2 Å². The van der Waals surface area contributed by atoms with Crippen LogP contribution in [0.2, 0.25) is 0 Å². The number of Topliss-reactive ketones (excluding diaryl/α,β-unsaturated/α-hetero) is 1. The summed E-state index contributed by atoms with van der Waals surface area (Å²) < 4.78 is 0. The summed E-state index contributed by atoms with van der Waals surface area (Å²) in [5.74, 6) is 0.253. The normalized spacial score (nSPS) is 18.2. The van der Waals surface area contributed by atoms with Gasteiger partial charge in [0.2, 0.25) is 5.91 Å². The summed E-state index contributed by atoms with van der Waals surface area (Å²) in [6, 6.07) is 0.188. The van der Waals surface area contributed by atoms with Crippen LogP contribution in [0.5, 0.6) is 0 Å². The quantitative estimate of drug-likeness (QED) is 0.901. The van der Waals surface area contributed by atoms with E-state index in [1.54, 1.807) is 4.90 Å². The molecule has 1 aliphatic carbocycles. The van der Waals surface area contributed by atoms with Crippen molar-refractivity contribution in [3.05, 3.63) is 22.5 Å². The SMILES string of the molecule is Cc1c(C(=O)N2CCC(C(=O)N(C)C(C)C)CC2)[nH]c2c1C(=O)CCC2. The van der Waals surface area contributed by atoms with Crippen LogP contribution in [0.15, 0.2) is 0 Å². The predicted molar refractivity (Wildman–Crippen MR) is 99.3 cm³/mol. The number of H-pyrrole nitrogens is 1. The minimum Gasteiger partial charge on any atom is -0.354 e. The van der Waals surface area contributed by atoms with Crippen LogP contribution in [0, 0.1) is 12.8 Å². The summed E-state index contributed by atoms with van der Waals surface area (Å²) in [5.41, 5.74) is 2.97. The van der Waals surface area contributed by atoms with Crippen LogP contribution in [0.3, 0.4) is 0 Å². The Morgan fingerprint density at radius 3 is 2.42 bits per heavy atom. The number of ketones is 1. The maximum atomic E-state index is 13.0. The first-order valence-electron chi connectivity index (χ1n) is 9.61. The van der Waals surface area contributed by atoms with E-state index in [-0.39, 0.29) is 29.6 Å². The van der Waals surface area contributed by atoms with Crippen LogP contribution in [0.1, 0.15) is 71.6 Å². The Hall–Kier alpha value is -2.11. The molecule has 6 heteroatoms. The Bertz CT molecular complexity index is 727. The zero-order valence-electron chi connectivity index (χ0n) is 16.2. The molecule has 1 saturated heterocycles. The van der Waals surface area contributed by atoms with E-state index in [1.165, 1.54) is 0 Å².